The van der Waals surface area contributed by atoms with Crippen molar-refractivity contribution in [2.24, 2.45) is 4.99 Å². The molecule has 2 aromatic carbocycles. The summed E-state index contributed by atoms with van der Waals surface area (Å²) in [7, 11) is 0. The van der Waals surface area contributed by atoms with Crippen molar-refractivity contribution in [3.05, 3.63) is 105 Å². The van der Waals surface area contributed by atoms with Crippen molar-refractivity contribution in [2.45, 2.75) is 77.8 Å². The van der Waals surface area contributed by atoms with E-state index in [0.29, 0.717) is 61.9 Å². The fourth-order valence-electron chi connectivity index (χ4n) is 7.96. The molecule has 0 spiro atoms. The molecule has 3 amide bonds. The maximum Gasteiger partial charge on any atom is 0.249 e. The lowest BCUT2D eigenvalue weighted by atomic mass is 9.99. The second-order valence-corrected chi connectivity index (χ2v) is 16.4. The van der Waals surface area contributed by atoms with Crippen molar-refractivity contribution >= 4 is 74.1 Å². The van der Waals surface area contributed by atoms with E-state index in [9.17, 15) is 19.2 Å². The second kappa shape index (κ2) is 16.7. The molecule has 4 aromatic heterocycles. The molecule has 1 fully saturated rings. The number of imide groups is 1. The van der Waals surface area contributed by atoms with Gasteiger partial charge in [-0.25, -0.2) is 4.98 Å². The monoisotopic (exact) mass is 818 g/mol. The Morgan fingerprint density at radius 1 is 1.02 bits per heavy atom. The van der Waals surface area contributed by atoms with E-state index in [0.717, 1.165) is 55.1 Å². The van der Waals surface area contributed by atoms with E-state index < -0.39 is 12.1 Å². The Bertz CT molecular complexity index is 2610. The van der Waals surface area contributed by atoms with Gasteiger partial charge in [0.25, 0.3) is 0 Å². The van der Waals surface area contributed by atoms with Gasteiger partial charge in [-0.05, 0) is 81.5 Å². The molecule has 2 atom stereocenters. The molecule has 1 unspecified atom stereocenters. The predicted octanol–water partition coefficient (Wildman–Crippen LogP) is 6.79. The number of piperidine rings is 1. The third-order valence-electron chi connectivity index (χ3n) is 10.9. The van der Waals surface area contributed by atoms with Crippen LogP contribution >= 0.6 is 22.9 Å². The number of aryl methyl sites for hydroxylation is 2. The van der Waals surface area contributed by atoms with Crippen molar-refractivity contribution < 1.29 is 23.9 Å². The molecule has 58 heavy (non-hydrogen) atoms. The molecule has 2 aliphatic rings. The molecular weight excluding hydrogens is 776 g/mol. The van der Waals surface area contributed by atoms with Crippen LogP contribution in [0.2, 0.25) is 5.02 Å². The zero-order chi connectivity index (χ0) is 40.5. The van der Waals surface area contributed by atoms with Crippen molar-refractivity contribution in [1.82, 2.24) is 34.9 Å². The number of pyridine rings is 1. The molecule has 13 nitrogen and oxygen atoms in total. The van der Waals surface area contributed by atoms with Crippen LogP contribution in [-0.2, 0) is 30.3 Å². The highest BCUT2D eigenvalue weighted by molar-refractivity contribution is 7.15. The molecule has 0 bridgehead atoms. The Hall–Kier alpha value is -5.57. The normalized spacial score (nSPS) is 16.5. The van der Waals surface area contributed by atoms with E-state index in [1.807, 2.05) is 70.7 Å². The van der Waals surface area contributed by atoms with Crippen LogP contribution in [0.4, 0.5) is 0 Å². The van der Waals surface area contributed by atoms with Crippen molar-refractivity contribution in [1.29, 1.82) is 0 Å². The van der Waals surface area contributed by atoms with Gasteiger partial charge in [0, 0.05) is 70.4 Å². The average Bonchev–Trinajstić information content (AvgIpc) is 3.82. The number of aliphatic imine (C=N–C) groups is 1. The quantitative estimate of drug-likeness (QED) is 0.0898. The summed E-state index contributed by atoms with van der Waals surface area (Å²) in [5, 5.41) is 17.7. The number of aromatic nitrogens is 5. The summed E-state index contributed by atoms with van der Waals surface area (Å²) in [6, 6.07) is 16.1. The Kier molecular flexibility index (Phi) is 11.3. The van der Waals surface area contributed by atoms with Crippen LogP contribution in [0.3, 0.4) is 0 Å². The number of hydrogen-bond acceptors (Lipinski definition) is 10. The molecular formula is C43H43ClN8O5S. The number of Topliss-reactive ketones (excluding diaryl/α,β-unsaturated/α-hetero) is 1. The van der Waals surface area contributed by atoms with Crippen LogP contribution < -0.4 is 10.6 Å². The summed E-state index contributed by atoms with van der Waals surface area (Å²) >= 11 is 7.89. The summed E-state index contributed by atoms with van der Waals surface area (Å²) in [5.41, 5.74) is 6.20. The smallest absolute Gasteiger partial charge is 0.249 e. The maximum atomic E-state index is 13.3. The summed E-state index contributed by atoms with van der Waals surface area (Å²) in [5.74, 6) is 0.676. The highest BCUT2D eigenvalue weighted by Gasteiger charge is 2.33. The Morgan fingerprint density at radius 2 is 1.84 bits per heavy atom. The first-order valence-corrected chi connectivity index (χ1v) is 20.7. The van der Waals surface area contributed by atoms with Gasteiger partial charge in [-0.3, -0.25) is 34.1 Å². The lowest BCUT2D eigenvalue weighted by molar-refractivity contribution is -0.135. The predicted molar refractivity (Wildman–Crippen MR) is 223 cm³/mol. The third kappa shape index (κ3) is 7.71. The summed E-state index contributed by atoms with van der Waals surface area (Å²) in [4.78, 5) is 62.2. The average molecular weight is 819 g/mol. The number of halogens is 1. The zero-order valence-electron chi connectivity index (χ0n) is 32.5. The van der Waals surface area contributed by atoms with E-state index in [1.165, 1.54) is 4.88 Å². The second-order valence-electron chi connectivity index (χ2n) is 14.8. The van der Waals surface area contributed by atoms with Crippen LogP contribution in [-0.4, -0.2) is 73.3 Å². The minimum atomic E-state index is -0.562. The summed E-state index contributed by atoms with van der Waals surface area (Å²) < 4.78 is 9.75. The van der Waals surface area contributed by atoms with E-state index in [2.05, 4.69) is 39.7 Å². The molecule has 2 aliphatic heterocycles. The number of ether oxygens (including phenoxy) is 1. The number of amides is 3. The van der Waals surface area contributed by atoms with Gasteiger partial charge in [-0.1, -0.05) is 35.9 Å². The van der Waals surface area contributed by atoms with Crippen molar-refractivity contribution in [3.63, 3.8) is 0 Å². The zero-order valence-corrected chi connectivity index (χ0v) is 34.1. The molecule has 0 saturated carbocycles. The fraction of sp³-hybridized carbons (Fsp3) is 0.349. The molecule has 8 rings (SSSR count). The minimum Gasteiger partial charge on any atom is -0.380 e. The first kappa shape index (κ1) is 39.3. The van der Waals surface area contributed by atoms with Gasteiger partial charge in [0.05, 0.1) is 24.3 Å². The number of rotatable bonds is 14. The van der Waals surface area contributed by atoms with Gasteiger partial charge in [-0.15, -0.1) is 21.5 Å². The van der Waals surface area contributed by atoms with Gasteiger partial charge < -0.3 is 14.6 Å². The van der Waals surface area contributed by atoms with Gasteiger partial charge in [-0.2, -0.15) is 0 Å². The van der Waals surface area contributed by atoms with Gasteiger partial charge >= 0.3 is 0 Å². The number of hydrogen-bond donors (Lipinski definition) is 2. The number of nitrogens with one attached hydrogen (secondary N) is 2. The van der Waals surface area contributed by atoms with E-state index in [4.69, 9.17) is 21.3 Å². The van der Waals surface area contributed by atoms with Gasteiger partial charge in [0.1, 0.15) is 34.3 Å². The maximum absolute atomic E-state index is 13.3. The van der Waals surface area contributed by atoms with Crippen molar-refractivity contribution in [2.75, 3.05) is 19.8 Å². The van der Waals surface area contributed by atoms with Crippen LogP contribution in [0.25, 0.3) is 26.9 Å². The van der Waals surface area contributed by atoms with Crippen LogP contribution in [0.1, 0.15) is 89.4 Å². The highest BCUT2D eigenvalue weighted by atomic mass is 35.5. The molecule has 1 saturated heterocycles. The first-order valence-electron chi connectivity index (χ1n) is 19.5. The molecule has 15 heteroatoms. The van der Waals surface area contributed by atoms with Crippen LogP contribution in [0, 0.1) is 20.8 Å². The summed E-state index contributed by atoms with van der Waals surface area (Å²) in [6.07, 6.45) is 4.44. The molecule has 6 aromatic rings. The number of nitrogens with zero attached hydrogens (tertiary/aromatic N) is 6. The van der Waals surface area contributed by atoms with Crippen molar-refractivity contribution in [3.8, 4) is 5.00 Å². The molecule has 298 valence electrons. The molecule has 2 N–H and O–H groups in total. The third-order valence-corrected chi connectivity index (χ3v) is 12.3. The molecule has 0 aliphatic carbocycles. The number of carbonyl (C=O) groups is 4. The topological polar surface area (TPSA) is 162 Å². The highest BCUT2D eigenvalue weighted by Crippen LogP contribution is 2.40. The number of fused-ring (bicyclic) bond motifs is 6. The number of carbonyl (C=O) groups excluding carboxylic acids is 4. The SMILES string of the molecule is Cc1sc2c(c1C)C(c1ccc(Cl)cc1)=N[C@@H](CC(=O)NCCOCCCCC(=O)Cc1cccc3c1c1cccnc1n3C1CCC(=O)NC1=O)c1nnc(C)n1-2. The lowest BCUT2D eigenvalue weighted by Crippen LogP contribution is -2.41. The minimum absolute atomic E-state index is 0.0893. The largest absolute Gasteiger partial charge is 0.380 e. The first-order chi connectivity index (χ1) is 28.1. The molecule has 0 radical (unpaired) electrons. The summed E-state index contributed by atoms with van der Waals surface area (Å²) in [6.45, 7) is 7.23. The van der Waals surface area contributed by atoms with Gasteiger partial charge in [0.2, 0.25) is 17.7 Å². The number of ketones is 1. The number of thiophene rings is 1. The molecule has 6 heterocycles. The van der Waals surface area contributed by atoms with E-state index >= 15 is 0 Å². The lowest BCUT2D eigenvalue weighted by Gasteiger charge is -2.23. The van der Waals surface area contributed by atoms with Gasteiger partial charge in [0.15, 0.2) is 5.82 Å². The van der Waals surface area contributed by atoms with E-state index in [-0.39, 0.29) is 42.8 Å². The fourth-order valence-corrected chi connectivity index (χ4v) is 9.30. The Morgan fingerprint density at radius 3 is 2.66 bits per heavy atom. The van der Waals surface area contributed by atoms with Crippen LogP contribution in [0.5, 0.6) is 0 Å². The number of benzene rings is 2. The number of unbranched alkanes of at least 4 members (excludes halogenated alkanes) is 1. The van der Waals surface area contributed by atoms with E-state index in [1.54, 1.807) is 17.5 Å². The Balaban J connectivity index is 0.835. The van der Waals surface area contributed by atoms with Crippen LogP contribution in [0.15, 0.2) is 65.8 Å². The Labute approximate surface area is 343 Å². The standard InChI is InChI=1S/C43H43ClN8O5S/c1-24-25(2)58-43-37(24)39(27-12-14-29(44)15-13-27)47-32(41-50-49-26(3)51(41)43)23-36(55)45-19-21-57-20-5-4-9-30(53)22-28-8-6-11-33-38(28)31-10-7-18-46-40(31)52(33)34-16-17-35(54)48-42(34)56/h6-8,10-15,18,32,34H,4-5,9,16-17,19-23H2,1-3H3,(H,45,55)(H,48,54,56)/t32-,34?/m0/s1.